The first-order valence-corrected chi connectivity index (χ1v) is 11.2. The predicted octanol–water partition coefficient (Wildman–Crippen LogP) is 4.92. The van der Waals surface area contributed by atoms with Gasteiger partial charge < -0.3 is 0 Å². The lowest BCUT2D eigenvalue weighted by molar-refractivity contribution is 0.367. The van der Waals surface area contributed by atoms with Crippen LogP contribution in [0.1, 0.15) is 109 Å². The summed E-state index contributed by atoms with van der Waals surface area (Å²) in [7, 11) is 59.1. The lowest BCUT2D eigenvalue weighted by Gasteiger charge is -2.43. The number of hydrogen-bond donors (Lipinski definition) is 0. The van der Waals surface area contributed by atoms with Gasteiger partial charge in [0.15, 0.2) is 0 Å². The van der Waals surface area contributed by atoms with Crippen LogP contribution in [0.2, 0.25) is 44.2 Å². The Morgan fingerprint density at radius 2 is 0.674 bits per heavy atom. The minimum atomic E-state index is -0.454. The van der Waals surface area contributed by atoms with Crippen LogP contribution in [0.3, 0.4) is 0 Å². The summed E-state index contributed by atoms with van der Waals surface area (Å²) in [5, 5.41) is 0. The lowest BCUT2D eigenvalue weighted by Crippen LogP contribution is -2.47. The van der Waals surface area contributed by atoms with Crippen LogP contribution in [0.5, 0.6) is 0 Å². The van der Waals surface area contributed by atoms with E-state index in [0.29, 0.717) is 0 Å². The number of hydrogen-bond acceptors (Lipinski definition) is 0. The fraction of sp³-hybridized carbons (Fsp3) is 1.00. The van der Waals surface area contributed by atoms with Gasteiger partial charge in [0.1, 0.15) is 0 Å². The van der Waals surface area contributed by atoms with Crippen LogP contribution in [0.15, 0.2) is 0 Å². The molecule has 0 fully saturated rings. The minimum absolute atomic E-state index is 0. The second-order valence-corrected chi connectivity index (χ2v) is 8.66. The smallest absolute Gasteiger partial charge is 0.0860 e. The molecular weight excluding hydrogens is 494 g/mol. The quantitative estimate of drug-likeness (QED) is 0.164. The average Bonchev–Trinajstić information content (AvgIpc) is 2.76. The zero-order valence-corrected chi connectivity index (χ0v) is 19.3. The van der Waals surface area contributed by atoms with E-state index >= 15 is 0 Å². The highest BCUT2D eigenvalue weighted by molar-refractivity contribution is 7.58. The van der Waals surface area contributed by atoms with Gasteiger partial charge in [0.05, 0.1) is 42.5 Å². The maximum absolute atomic E-state index is 6.35. The summed E-state index contributed by atoms with van der Waals surface area (Å²) in [6, 6.07) is 0. The molecule has 0 spiro atoms. The largest absolute Gasteiger partial charge is 0.0916 e. The van der Waals surface area contributed by atoms with E-state index in [-0.39, 0.29) is 107 Å². The molecule has 0 saturated carbocycles. The van der Waals surface area contributed by atoms with Crippen molar-refractivity contribution >= 4 is 138 Å². The van der Waals surface area contributed by atoms with Crippen molar-refractivity contribution in [2.24, 2.45) is 10.8 Å². The van der Waals surface area contributed by atoms with Crippen molar-refractivity contribution in [1.82, 2.24) is 0 Å². The SMILES string of the molecule is C.C.C.C.C.C.C.C.C.C.C.C.[B][B][B]CC(C[B][B][B])(C[B][B][B])CB(CC(C[B][B][B])(C[B][B][B])CCC)B([B])[B]. The molecule has 0 amide bonds. The van der Waals surface area contributed by atoms with E-state index in [1.54, 1.807) is 35.3 Å². The summed E-state index contributed by atoms with van der Waals surface area (Å²) in [6.07, 6.45) is 7.40. The van der Waals surface area contributed by atoms with Crippen molar-refractivity contribution in [1.29, 1.82) is 0 Å². The summed E-state index contributed by atoms with van der Waals surface area (Å²) in [4.78, 5) is 0. The van der Waals surface area contributed by atoms with E-state index in [0.717, 1.165) is 57.1 Å². The molecule has 0 aliphatic carbocycles. The average molecular weight is 563 g/mol. The zero-order chi connectivity index (χ0) is 23.6. The van der Waals surface area contributed by atoms with Crippen LogP contribution in [0.25, 0.3) is 0 Å². The van der Waals surface area contributed by atoms with Crippen molar-refractivity contribution in [3.63, 3.8) is 0 Å². The van der Waals surface area contributed by atoms with Crippen molar-refractivity contribution in [2.45, 2.75) is 153 Å². The second kappa shape index (κ2) is 52.8. The molecule has 0 aromatic rings. The maximum atomic E-state index is 6.35. The van der Waals surface area contributed by atoms with Gasteiger partial charge in [0.2, 0.25) is 0 Å². The van der Waals surface area contributed by atoms with Gasteiger partial charge in [-0.1, -0.05) is 158 Å². The molecule has 0 aromatic carbocycles. The molecular formula is C24H69B19. The Balaban J connectivity index is -0.0000000682. The van der Waals surface area contributed by atoms with Gasteiger partial charge in [0.25, 0.3) is 0 Å². The minimum Gasteiger partial charge on any atom is -0.0860 e. The van der Waals surface area contributed by atoms with Gasteiger partial charge in [-0.15, -0.1) is 0 Å². The van der Waals surface area contributed by atoms with Gasteiger partial charge in [0, 0.05) is 95.9 Å². The Kier molecular flexibility index (Phi) is 104. The fourth-order valence-corrected chi connectivity index (χ4v) is 4.63. The van der Waals surface area contributed by atoms with E-state index in [9.17, 15) is 0 Å². The lowest BCUT2D eigenvalue weighted by atomic mass is 8.89. The van der Waals surface area contributed by atoms with Crippen LogP contribution in [0, 0.1) is 10.8 Å². The van der Waals surface area contributed by atoms with Crippen LogP contribution in [-0.2, 0) is 0 Å². The van der Waals surface area contributed by atoms with Crippen LogP contribution >= 0.6 is 0 Å². The molecule has 0 N–H and O–H groups in total. The first-order chi connectivity index (χ1) is 14.9. The van der Waals surface area contributed by atoms with E-state index in [4.69, 9.17) is 54.2 Å². The van der Waals surface area contributed by atoms with E-state index in [1.807, 2.05) is 35.9 Å². The van der Waals surface area contributed by atoms with Gasteiger partial charge in [-0.05, 0) is 6.42 Å². The highest BCUT2D eigenvalue weighted by atomic mass is 14.3. The summed E-state index contributed by atoms with van der Waals surface area (Å²) < 4.78 is 0. The monoisotopic (exact) mass is 567 g/mol. The third-order valence-electron chi connectivity index (χ3n) is 6.15. The Labute approximate surface area is 301 Å². The van der Waals surface area contributed by atoms with E-state index < -0.39 is 6.39 Å². The molecule has 19 heteroatoms. The first-order valence-electron chi connectivity index (χ1n) is 11.2. The number of rotatable bonds is 22. The van der Waals surface area contributed by atoms with Crippen LogP contribution < -0.4 is 0 Å². The van der Waals surface area contributed by atoms with Gasteiger partial charge >= 0.3 is 0 Å². The van der Waals surface area contributed by atoms with Crippen molar-refractivity contribution in [3.8, 4) is 0 Å². The molecule has 0 nitrogen and oxygen atoms in total. The van der Waals surface area contributed by atoms with Gasteiger partial charge in [-0.25, -0.2) is 0 Å². The summed E-state index contributed by atoms with van der Waals surface area (Å²) in [5.41, 5.74) is -0.139. The molecule has 24 radical (unpaired) electrons. The van der Waals surface area contributed by atoms with Gasteiger partial charge in [-0.3, -0.25) is 0 Å². The molecule has 0 atom stereocenters. The Morgan fingerprint density at radius 3 is 0.884 bits per heavy atom. The van der Waals surface area contributed by atoms with Crippen LogP contribution in [-0.4, -0.2) is 138 Å². The Morgan fingerprint density at radius 1 is 0.442 bits per heavy atom. The first kappa shape index (κ1) is 84.8. The topological polar surface area (TPSA) is 0 Å². The van der Waals surface area contributed by atoms with E-state index in [1.165, 1.54) is 0 Å². The third kappa shape index (κ3) is 37.6. The standard InChI is InChI=1S/C12H21B19.12CH4/c1-2-3-11(4-20-25-13,5-21-26-14)9-30(31(18)19)10-12(6-22-27-15,7-23-28-16)8-24-29-17;;;;;;;;;;;;/h2-10H2,1H3;12*1H4. The van der Waals surface area contributed by atoms with Crippen LogP contribution in [0.4, 0.5) is 0 Å². The third-order valence-corrected chi connectivity index (χ3v) is 6.15. The van der Waals surface area contributed by atoms with Gasteiger partial charge in [-0.2, -0.15) is 0 Å². The normalized spacial score (nSPS) is 7.84. The summed E-state index contributed by atoms with van der Waals surface area (Å²) >= 11 is 0. The molecule has 0 unspecified atom stereocenters. The molecule has 43 heavy (non-hydrogen) atoms. The molecule has 0 aromatic heterocycles. The molecule has 0 rings (SSSR count). The fourth-order valence-electron chi connectivity index (χ4n) is 4.63. The van der Waals surface area contributed by atoms with E-state index in [2.05, 4.69) is 6.92 Å². The highest BCUT2D eigenvalue weighted by Gasteiger charge is 2.38. The van der Waals surface area contributed by atoms with Crippen molar-refractivity contribution in [3.05, 3.63) is 0 Å². The molecule has 0 bridgehead atoms. The predicted molar refractivity (Wildman–Crippen MR) is 244 cm³/mol. The molecule has 0 heterocycles. The molecule has 0 saturated heterocycles. The molecule has 0 aliphatic rings. The second-order valence-electron chi connectivity index (χ2n) is 8.66. The maximum Gasteiger partial charge on any atom is 0.0916 e. The van der Waals surface area contributed by atoms with Crippen molar-refractivity contribution < 1.29 is 0 Å². The highest BCUT2D eigenvalue weighted by Crippen LogP contribution is 2.44. The Hall–Kier alpha value is 1.23. The van der Waals surface area contributed by atoms with Crippen molar-refractivity contribution in [2.75, 3.05) is 0 Å². The Bertz CT molecular complexity index is 392. The summed E-state index contributed by atoms with van der Waals surface area (Å²) in [6.45, 7) is 2.28. The zero-order valence-electron chi connectivity index (χ0n) is 19.3. The molecule has 0 aliphatic heterocycles. The molecule has 222 valence electrons. The summed E-state index contributed by atoms with van der Waals surface area (Å²) in [5.74, 6) is 0.